The zero-order valence-electron chi connectivity index (χ0n) is 19.6. The molecule has 1 atom stereocenters. The highest BCUT2D eigenvalue weighted by Gasteiger charge is 2.22. The van der Waals surface area contributed by atoms with Crippen LogP contribution in [0.25, 0.3) is 0 Å². The number of methoxy groups -OCH3 is 1. The Bertz CT molecular complexity index is 907. The highest BCUT2D eigenvalue weighted by Crippen LogP contribution is 2.29. The number of halogens is 1. The second kappa shape index (κ2) is 11.7. The normalized spacial score (nSPS) is 20.2. The van der Waals surface area contributed by atoms with Gasteiger partial charge < -0.3 is 20.1 Å². The highest BCUT2D eigenvalue weighted by molar-refractivity contribution is 6.32. The van der Waals surface area contributed by atoms with E-state index in [1.54, 1.807) is 13.2 Å². The molecule has 1 aliphatic heterocycles. The number of benzene rings is 1. The van der Waals surface area contributed by atoms with Crippen LogP contribution in [-0.2, 0) is 0 Å². The third-order valence-corrected chi connectivity index (χ3v) is 6.69. The van der Waals surface area contributed by atoms with Crippen molar-refractivity contribution in [1.29, 1.82) is 0 Å². The van der Waals surface area contributed by atoms with Gasteiger partial charge in [0.25, 0.3) is 0 Å². The number of likely N-dealkylation sites (N-methyl/N-ethyl adjacent to an activating group) is 1. The summed E-state index contributed by atoms with van der Waals surface area (Å²) in [7, 11) is 1.60. The molecular weight excluding hydrogens is 440 g/mol. The van der Waals surface area contributed by atoms with Crippen molar-refractivity contribution >= 4 is 29.2 Å². The molecule has 2 aromatic rings. The molecule has 0 spiro atoms. The van der Waals surface area contributed by atoms with Gasteiger partial charge in [-0.15, -0.1) is 0 Å². The number of nitrogens with zero attached hydrogens (tertiary/aromatic N) is 4. The van der Waals surface area contributed by atoms with Crippen LogP contribution in [-0.4, -0.2) is 58.7 Å². The van der Waals surface area contributed by atoms with Crippen LogP contribution in [0.5, 0.6) is 11.8 Å². The molecule has 8 nitrogen and oxygen atoms in total. The van der Waals surface area contributed by atoms with Crippen LogP contribution in [0.1, 0.15) is 58.3 Å². The maximum atomic E-state index is 6.30. The average molecular weight is 475 g/mol. The number of hydrogen-bond acceptors (Lipinski definition) is 8. The Labute approximate surface area is 201 Å². The third kappa shape index (κ3) is 6.84. The van der Waals surface area contributed by atoms with Crippen molar-refractivity contribution in [2.24, 2.45) is 0 Å². The molecule has 0 bridgehead atoms. The average Bonchev–Trinajstić information content (AvgIpc) is 3.08. The monoisotopic (exact) mass is 474 g/mol. The molecule has 9 heteroatoms. The molecule has 0 radical (unpaired) electrons. The third-order valence-electron chi connectivity index (χ3n) is 6.39. The molecule has 1 saturated heterocycles. The van der Waals surface area contributed by atoms with Crippen molar-refractivity contribution in [3.8, 4) is 11.8 Å². The Morgan fingerprint density at radius 3 is 2.55 bits per heavy atom. The quantitative estimate of drug-likeness (QED) is 0.500. The summed E-state index contributed by atoms with van der Waals surface area (Å²) in [6.07, 6.45) is 9.52. The number of hydrogen-bond donors (Lipinski definition) is 2. The molecule has 1 aromatic carbocycles. The predicted octanol–water partition coefficient (Wildman–Crippen LogP) is 5.28. The van der Waals surface area contributed by atoms with E-state index in [1.807, 2.05) is 12.1 Å². The first-order chi connectivity index (χ1) is 16.1. The SMILES string of the molecule is CCN1CCCC(Oc2nc(Nc3ccc(OC)c(Cl)c3)nc(NC3CCCCCC3)n2)C1. The van der Waals surface area contributed by atoms with Crippen molar-refractivity contribution in [3.05, 3.63) is 23.2 Å². The molecule has 1 unspecified atom stereocenters. The second-order valence-corrected chi connectivity index (χ2v) is 9.25. The highest BCUT2D eigenvalue weighted by atomic mass is 35.5. The molecule has 1 aliphatic carbocycles. The molecule has 0 amide bonds. The Balaban J connectivity index is 1.54. The van der Waals surface area contributed by atoms with Gasteiger partial charge in [-0.25, -0.2) is 0 Å². The lowest BCUT2D eigenvalue weighted by molar-refractivity contribution is 0.0843. The predicted molar refractivity (Wildman–Crippen MR) is 132 cm³/mol. The van der Waals surface area contributed by atoms with Gasteiger partial charge in [0.05, 0.1) is 12.1 Å². The molecular formula is C24H35ClN6O2. The Hall–Kier alpha value is -2.32. The summed E-state index contributed by atoms with van der Waals surface area (Å²) in [5, 5.41) is 7.31. The first kappa shape index (κ1) is 23.8. The van der Waals surface area contributed by atoms with E-state index in [4.69, 9.17) is 21.1 Å². The van der Waals surface area contributed by atoms with Crippen LogP contribution in [0.15, 0.2) is 18.2 Å². The fraction of sp³-hybridized carbons (Fsp3) is 0.625. The fourth-order valence-electron chi connectivity index (χ4n) is 4.55. The van der Waals surface area contributed by atoms with Crippen molar-refractivity contribution in [3.63, 3.8) is 0 Å². The first-order valence-corrected chi connectivity index (χ1v) is 12.5. The Morgan fingerprint density at radius 1 is 1.03 bits per heavy atom. The minimum atomic E-state index is 0.0788. The number of ether oxygens (including phenoxy) is 2. The van der Waals surface area contributed by atoms with E-state index < -0.39 is 0 Å². The minimum Gasteiger partial charge on any atom is -0.495 e. The summed E-state index contributed by atoms with van der Waals surface area (Å²) in [5.41, 5.74) is 0.771. The largest absolute Gasteiger partial charge is 0.495 e. The van der Waals surface area contributed by atoms with Crippen molar-refractivity contribution in [2.45, 2.75) is 70.4 Å². The summed E-state index contributed by atoms with van der Waals surface area (Å²) in [4.78, 5) is 16.2. The van der Waals surface area contributed by atoms with Crippen LogP contribution in [0.2, 0.25) is 5.02 Å². The molecule has 2 heterocycles. The lowest BCUT2D eigenvalue weighted by Crippen LogP contribution is -2.41. The first-order valence-electron chi connectivity index (χ1n) is 12.1. The van der Waals surface area contributed by atoms with Crippen LogP contribution in [0, 0.1) is 0 Å². The molecule has 1 saturated carbocycles. The number of anilines is 3. The van der Waals surface area contributed by atoms with Gasteiger partial charge >= 0.3 is 6.01 Å². The molecule has 2 N–H and O–H groups in total. The standard InChI is InChI=1S/C24H35ClN6O2/c1-3-31-14-8-11-19(16-31)33-24-29-22(26-17-9-6-4-5-7-10-17)28-23(30-24)27-18-12-13-21(32-2)20(25)15-18/h12-13,15,17,19H,3-11,14,16H2,1-2H3,(H2,26,27,28,29,30). The lowest BCUT2D eigenvalue weighted by atomic mass is 10.1. The van der Waals surface area contributed by atoms with Gasteiger partial charge in [0.15, 0.2) is 0 Å². The van der Waals surface area contributed by atoms with Crippen LogP contribution >= 0.6 is 11.6 Å². The van der Waals surface area contributed by atoms with Gasteiger partial charge in [-0.2, -0.15) is 15.0 Å². The van der Waals surface area contributed by atoms with E-state index in [0.29, 0.717) is 34.7 Å². The van der Waals surface area contributed by atoms with Gasteiger partial charge in [0, 0.05) is 18.3 Å². The van der Waals surface area contributed by atoms with Gasteiger partial charge in [-0.05, 0) is 57.0 Å². The smallest absolute Gasteiger partial charge is 0.323 e. The molecule has 4 rings (SSSR count). The van der Waals surface area contributed by atoms with E-state index in [2.05, 4.69) is 37.4 Å². The second-order valence-electron chi connectivity index (χ2n) is 8.85. The van der Waals surface area contributed by atoms with Crippen molar-refractivity contribution < 1.29 is 9.47 Å². The molecule has 1 aromatic heterocycles. The maximum Gasteiger partial charge on any atom is 0.323 e. The van der Waals surface area contributed by atoms with E-state index in [1.165, 1.54) is 25.7 Å². The fourth-order valence-corrected chi connectivity index (χ4v) is 4.81. The number of nitrogens with one attached hydrogen (secondary N) is 2. The van der Waals surface area contributed by atoms with Gasteiger partial charge in [0.1, 0.15) is 11.9 Å². The van der Waals surface area contributed by atoms with E-state index in [9.17, 15) is 0 Å². The van der Waals surface area contributed by atoms with Crippen molar-refractivity contribution in [1.82, 2.24) is 19.9 Å². The zero-order chi connectivity index (χ0) is 23.0. The summed E-state index contributed by atoms with van der Waals surface area (Å²) >= 11 is 6.30. The minimum absolute atomic E-state index is 0.0788. The number of piperidine rings is 1. The Morgan fingerprint density at radius 2 is 1.82 bits per heavy atom. The Kier molecular flexibility index (Phi) is 8.45. The van der Waals surface area contributed by atoms with E-state index >= 15 is 0 Å². The van der Waals surface area contributed by atoms with Crippen LogP contribution < -0.4 is 20.1 Å². The number of aromatic nitrogens is 3. The van der Waals surface area contributed by atoms with Gasteiger partial charge in [0.2, 0.25) is 11.9 Å². The summed E-state index contributed by atoms with van der Waals surface area (Å²) < 4.78 is 11.5. The summed E-state index contributed by atoms with van der Waals surface area (Å²) in [5.74, 6) is 1.60. The molecule has 2 fully saturated rings. The molecule has 33 heavy (non-hydrogen) atoms. The number of rotatable bonds is 8. The van der Waals surface area contributed by atoms with Gasteiger partial charge in [-0.1, -0.05) is 44.2 Å². The van der Waals surface area contributed by atoms with Crippen LogP contribution in [0.4, 0.5) is 17.6 Å². The van der Waals surface area contributed by atoms with E-state index in [0.717, 1.165) is 51.0 Å². The van der Waals surface area contributed by atoms with E-state index in [-0.39, 0.29) is 6.10 Å². The maximum absolute atomic E-state index is 6.30. The van der Waals surface area contributed by atoms with Gasteiger partial charge in [-0.3, -0.25) is 4.90 Å². The summed E-state index contributed by atoms with van der Waals surface area (Å²) in [6.45, 7) is 5.22. The summed E-state index contributed by atoms with van der Waals surface area (Å²) in [6, 6.07) is 6.22. The lowest BCUT2D eigenvalue weighted by Gasteiger charge is -2.31. The van der Waals surface area contributed by atoms with Crippen LogP contribution in [0.3, 0.4) is 0 Å². The molecule has 2 aliphatic rings. The zero-order valence-corrected chi connectivity index (χ0v) is 20.4. The number of likely N-dealkylation sites (tertiary alicyclic amines) is 1. The van der Waals surface area contributed by atoms with Crippen molar-refractivity contribution in [2.75, 3.05) is 37.4 Å². The topological polar surface area (TPSA) is 84.4 Å². The molecule has 180 valence electrons.